The van der Waals surface area contributed by atoms with Crippen molar-refractivity contribution in [1.82, 2.24) is 10.2 Å². The van der Waals surface area contributed by atoms with Gasteiger partial charge in [0, 0.05) is 24.0 Å². The first-order valence-electron chi connectivity index (χ1n) is 7.56. The van der Waals surface area contributed by atoms with Crippen molar-refractivity contribution in [2.24, 2.45) is 0 Å². The fourth-order valence-corrected chi connectivity index (χ4v) is 5.24. The predicted octanol–water partition coefficient (Wildman–Crippen LogP) is 2.57. The average molecular weight is 420 g/mol. The molecule has 0 radical (unpaired) electrons. The number of nitrogens with one attached hydrogen (secondary N) is 1. The molecule has 2 aliphatic rings. The van der Waals surface area contributed by atoms with Crippen LogP contribution in [0.1, 0.15) is 36.2 Å². The normalized spacial score (nSPS) is 23.7. The number of aryl methyl sites for hydroxylation is 1. The first kappa shape index (κ1) is 15.7. The zero-order valence-electron chi connectivity index (χ0n) is 12.2. The lowest BCUT2D eigenvalue weighted by Gasteiger charge is -2.32. The van der Waals surface area contributed by atoms with E-state index in [2.05, 4.69) is 34.0 Å². The molecule has 116 valence electrons. The van der Waals surface area contributed by atoms with E-state index in [4.69, 9.17) is 4.74 Å². The largest absolute Gasteiger partial charge is 0.378 e. The second-order valence-electron chi connectivity index (χ2n) is 5.70. The van der Waals surface area contributed by atoms with E-state index in [1.165, 1.54) is 26.2 Å². The zero-order chi connectivity index (χ0) is 14.8. The van der Waals surface area contributed by atoms with E-state index < -0.39 is 0 Å². The van der Waals surface area contributed by atoms with Crippen LogP contribution in [0.3, 0.4) is 0 Å². The molecule has 0 spiro atoms. The quantitative estimate of drug-likeness (QED) is 0.765. The van der Waals surface area contributed by atoms with E-state index in [-0.39, 0.29) is 11.9 Å². The first-order chi connectivity index (χ1) is 10.1. The van der Waals surface area contributed by atoms with Gasteiger partial charge in [0.15, 0.2) is 0 Å². The molecule has 3 rings (SSSR count). The van der Waals surface area contributed by atoms with Crippen molar-refractivity contribution in [2.45, 2.75) is 38.3 Å². The second-order valence-corrected chi connectivity index (χ2v) is 8.73. The van der Waals surface area contributed by atoms with Gasteiger partial charge in [-0.25, -0.2) is 0 Å². The Labute approximate surface area is 143 Å². The van der Waals surface area contributed by atoms with Crippen LogP contribution in [0.4, 0.5) is 0 Å². The summed E-state index contributed by atoms with van der Waals surface area (Å²) < 4.78 is 6.66. The molecule has 1 amide bonds. The summed E-state index contributed by atoms with van der Waals surface area (Å²) in [5.41, 5.74) is 1.41. The molecule has 1 aliphatic heterocycles. The number of carbonyl (C=O) groups is 1. The Bertz CT molecular complexity index is 514. The van der Waals surface area contributed by atoms with Crippen molar-refractivity contribution >= 4 is 39.8 Å². The summed E-state index contributed by atoms with van der Waals surface area (Å²) in [5, 5.41) is 3.56. The molecule has 1 saturated heterocycles. The summed E-state index contributed by atoms with van der Waals surface area (Å²) in [6.45, 7) is 4.75. The maximum atomic E-state index is 12.5. The number of rotatable bonds is 3. The lowest BCUT2D eigenvalue weighted by atomic mass is 9.93. The summed E-state index contributed by atoms with van der Waals surface area (Å²) in [4.78, 5) is 15.9. The van der Waals surface area contributed by atoms with Crippen molar-refractivity contribution in [1.29, 1.82) is 0 Å². The molecule has 0 aromatic carbocycles. The summed E-state index contributed by atoms with van der Waals surface area (Å²) in [6.07, 6.45) is 3.52. The third kappa shape index (κ3) is 3.60. The molecule has 1 N–H and O–H groups in total. The van der Waals surface area contributed by atoms with Crippen LogP contribution in [0.15, 0.2) is 6.07 Å². The fourth-order valence-electron chi connectivity index (χ4n) is 3.13. The molecule has 2 heterocycles. The SMILES string of the molecule is CC(NC1CCCc2sc(I)cc21)C(=O)N1CCOCC1. The van der Waals surface area contributed by atoms with Gasteiger partial charge in [0.05, 0.1) is 22.1 Å². The number of nitrogens with zero attached hydrogens (tertiary/aromatic N) is 1. The molecule has 0 bridgehead atoms. The van der Waals surface area contributed by atoms with Crippen LogP contribution < -0.4 is 5.32 Å². The first-order valence-corrected chi connectivity index (χ1v) is 9.45. The van der Waals surface area contributed by atoms with Gasteiger partial charge in [0.25, 0.3) is 0 Å². The fraction of sp³-hybridized carbons (Fsp3) is 0.667. The smallest absolute Gasteiger partial charge is 0.239 e. The van der Waals surface area contributed by atoms with Crippen molar-refractivity contribution < 1.29 is 9.53 Å². The van der Waals surface area contributed by atoms with E-state index in [9.17, 15) is 4.79 Å². The standard InChI is InChI=1S/C15H21IN2O2S/c1-10(15(19)18-5-7-20-8-6-18)17-12-3-2-4-13-11(12)9-14(16)21-13/h9-10,12,17H,2-8H2,1H3. The Morgan fingerprint density at radius 3 is 3.05 bits per heavy atom. The van der Waals surface area contributed by atoms with Gasteiger partial charge < -0.3 is 9.64 Å². The van der Waals surface area contributed by atoms with Crippen LogP contribution in [-0.4, -0.2) is 43.2 Å². The van der Waals surface area contributed by atoms with Crippen molar-refractivity contribution in [3.8, 4) is 0 Å². The molecule has 4 nitrogen and oxygen atoms in total. The van der Waals surface area contributed by atoms with Crippen molar-refractivity contribution in [2.75, 3.05) is 26.3 Å². The van der Waals surface area contributed by atoms with Gasteiger partial charge in [-0.15, -0.1) is 11.3 Å². The molecular formula is C15H21IN2O2S. The van der Waals surface area contributed by atoms with Gasteiger partial charge in [0.2, 0.25) is 5.91 Å². The second kappa shape index (κ2) is 6.93. The highest BCUT2D eigenvalue weighted by molar-refractivity contribution is 14.1. The molecule has 1 aromatic rings. The lowest BCUT2D eigenvalue weighted by molar-refractivity contribution is -0.137. The number of hydrogen-bond donors (Lipinski definition) is 1. The Morgan fingerprint density at radius 1 is 1.52 bits per heavy atom. The van der Waals surface area contributed by atoms with Gasteiger partial charge >= 0.3 is 0 Å². The zero-order valence-corrected chi connectivity index (χ0v) is 15.2. The van der Waals surface area contributed by atoms with Crippen molar-refractivity contribution in [3.05, 3.63) is 19.4 Å². The minimum atomic E-state index is -0.128. The molecule has 21 heavy (non-hydrogen) atoms. The minimum absolute atomic E-state index is 0.128. The van der Waals surface area contributed by atoms with Gasteiger partial charge in [-0.2, -0.15) is 0 Å². The Kier molecular flexibility index (Phi) is 5.19. The van der Waals surface area contributed by atoms with Crippen molar-refractivity contribution in [3.63, 3.8) is 0 Å². The molecule has 0 saturated carbocycles. The molecule has 1 aromatic heterocycles. The highest BCUT2D eigenvalue weighted by atomic mass is 127. The molecule has 1 fully saturated rings. The highest BCUT2D eigenvalue weighted by Gasteiger charge is 2.28. The van der Waals surface area contributed by atoms with E-state index in [1.807, 2.05) is 23.2 Å². The molecule has 1 aliphatic carbocycles. The predicted molar refractivity (Wildman–Crippen MR) is 92.7 cm³/mol. The molecular weight excluding hydrogens is 399 g/mol. The van der Waals surface area contributed by atoms with Crippen LogP contribution in [-0.2, 0) is 16.0 Å². The topological polar surface area (TPSA) is 41.6 Å². The lowest BCUT2D eigenvalue weighted by Crippen LogP contribution is -2.50. The average Bonchev–Trinajstić information content (AvgIpc) is 2.88. The number of halogens is 1. The minimum Gasteiger partial charge on any atom is -0.378 e. The monoisotopic (exact) mass is 420 g/mol. The van der Waals surface area contributed by atoms with Crippen LogP contribution in [0.25, 0.3) is 0 Å². The van der Waals surface area contributed by atoms with Crippen LogP contribution >= 0.6 is 33.9 Å². The summed E-state index contributed by atoms with van der Waals surface area (Å²) in [7, 11) is 0. The van der Waals surface area contributed by atoms with Crippen LogP contribution in [0.2, 0.25) is 0 Å². The third-order valence-corrected chi connectivity index (χ3v) is 6.20. The summed E-state index contributed by atoms with van der Waals surface area (Å²) in [5.74, 6) is 0.204. The van der Waals surface area contributed by atoms with Gasteiger partial charge in [0.1, 0.15) is 0 Å². The van der Waals surface area contributed by atoms with Gasteiger partial charge in [-0.05, 0) is 60.4 Å². The number of thiophene rings is 1. The summed E-state index contributed by atoms with van der Waals surface area (Å²) in [6, 6.07) is 2.48. The maximum Gasteiger partial charge on any atom is 0.239 e. The Balaban J connectivity index is 1.64. The van der Waals surface area contributed by atoms with Gasteiger partial charge in [-0.3, -0.25) is 10.1 Å². The Hall–Kier alpha value is -0.180. The number of hydrogen-bond acceptors (Lipinski definition) is 4. The number of carbonyl (C=O) groups excluding carboxylic acids is 1. The van der Waals surface area contributed by atoms with Crippen LogP contribution in [0.5, 0.6) is 0 Å². The highest BCUT2D eigenvalue weighted by Crippen LogP contribution is 2.36. The number of ether oxygens (including phenoxy) is 1. The maximum absolute atomic E-state index is 12.5. The number of amides is 1. The summed E-state index contributed by atoms with van der Waals surface area (Å²) >= 11 is 4.29. The van der Waals surface area contributed by atoms with E-state index in [0.29, 0.717) is 19.3 Å². The number of morpholine rings is 1. The van der Waals surface area contributed by atoms with E-state index in [1.54, 1.807) is 0 Å². The van der Waals surface area contributed by atoms with E-state index in [0.717, 1.165) is 19.5 Å². The third-order valence-electron chi connectivity index (χ3n) is 4.23. The van der Waals surface area contributed by atoms with E-state index >= 15 is 0 Å². The molecule has 2 atom stereocenters. The molecule has 6 heteroatoms. The van der Waals surface area contributed by atoms with Crippen LogP contribution in [0, 0.1) is 2.88 Å². The molecule has 2 unspecified atom stereocenters. The van der Waals surface area contributed by atoms with Gasteiger partial charge in [-0.1, -0.05) is 0 Å². The number of fused-ring (bicyclic) bond motifs is 1. The Morgan fingerprint density at radius 2 is 2.29 bits per heavy atom.